The lowest BCUT2D eigenvalue weighted by Gasteiger charge is -2.40. The predicted octanol–water partition coefficient (Wildman–Crippen LogP) is 3.84. The zero-order chi connectivity index (χ0) is 20.5. The van der Waals surface area contributed by atoms with Gasteiger partial charge in [-0.1, -0.05) is 48.0 Å². The minimum absolute atomic E-state index is 0.212. The molecule has 0 aliphatic carbocycles. The number of amidine groups is 1. The minimum Gasteiger partial charge on any atom is -0.323 e. The average Bonchev–Trinajstić information content (AvgIpc) is 3.24. The molecule has 0 radical (unpaired) electrons. The van der Waals surface area contributed by atoms with Gasteiger partial charge in [0.15, 0.2) is 11.7 Å². The van der Waals surface area contributed by atoms with Crippen LogP contribution in [0.25, 0.3) is 5.69 Å². The number of anilines is 1. The number of halogens is 1. The average molecular weight is 415 g/mol. The van der Waals surface area contributed by atoms with E-state index in [1.54, 1.807) is 21.8 Å². The first-order valence-corrected chi connectivity index (χ1v) is 9.86. The van der Waals surface area contributed by atoms with Crippen molar-refractivity contribution in [2.24, 2.45) is 10.1 Å². The molecule has 3 aromatic rings. The van der Waals surface area contributed by atoms with Gasteiger partial charge < -0.3 is 5.32 Å². The number of fused-ring (bicyclic) bond motifs is 6. The number of hydrazone groups is 1. The standard InChI is InChI=1S/C22H15ClN6O/c1-13-19-20(28(26-13)14-7-3-2-4-8-14)25-18-12-11-17(23)27-29(18)22(19)15-9-5-6-10-16(15)24-21(22)30/h2-12H,1H3,(H,24,30)/t22-/m0/s1. The van der Waals surface area contributed by atoms with Crippen molar-refractivity contribution in [3.05, 3.63) is 83.6 Å². The molecule has 8 heteroatoms. The Labute approximate surface area is 177 Å². The molecule has 1 atom stereocenters. The van der Waals surface area contributed by atoms with Gasteiger partial charge in [-0.2, -0.15) is 10.2 Å². The number of nitrogens with one attached hydrogen (secondary N) is 1. The summed E-state index contributed by atoms with van der Waals surface area (Å²) >= 11 is 6.25. The van der Waals surface area contributed by atoms with E-state index in [0.717, 1.165) is 16.9 Å². The predicted molar refractivity (Wildman–Crippen MR) is 116 cm³/mol. The van der Waals surface area contributed by atoms with E-state index in [1.807, 2.05) is 61.5 Å². The topological polar surface area (TPSA) is 74.9 Å². The Morgan fingerprint density at radius 2 is 1.80 bits per heavy atom. The summed E-state index contributed by atoms with van der Waals surface area (Å²) in [7, 11) is 0. The van der Waals surface area contributed by atoms with Gasteiger partial charge in [-0.05, 0) is 37.3 Å². The maximum atomic E-state index is 13.6. The summed E-state index contributed by atoms with van der Waals surface area (Å²) in [5.41, 5.74) is 2.55. The number of benzene rings is 2. The molecule has 1 spiro atoms. The van der Waals surface area contributed by atoms with E-state index >= 15 is 0 Å². The van der Waals surface area contributed by atoms with Crippen molar-refractivity contribution in [2.75, 3.05) is 5.32 Å². The van der Waals surface area contributed by atoms with Crippen molar-refractivity contribution < 1.29 is 4.79 Å². The quantitative estimate of drug-likeness (QED) is 0.657. The maximum absolute atomic E-state index is 13.6. The molecule has 7 nitrogen and oxygen atoms in total. The fraction of sp³-hybridized carbons (Fsp3) is 0.0909. The monoisotopic (exact) mass is 414 g/mol. The SMILES string of the molecule is Cc1nn(-c2ccccc2)c2c1[C@@]1(C(=O)Nc3ccccc31)N1N=C(Cl)C=CC1=N2. The summed E-state index contributed by atoms with van der Waals surface area (Å²) in [5.74, 6) is 0.919. The second-order valence-electron chi connectivity index (χ2n) is 7.28. The molecule has 0 bridgehead atoms. The highest BCUT2D eigenvalue weighted by Gasteiger charge is 2.59. The number of hydrogen-bond donors (Lipinski definition) is 1. The van der Waals surface area contributed by atoms with Gasteiger partial charge in [-0.15, -0.1) is 0 Å². The molecule has 2 aromatic carbocycles. The largest absolute Gasteiger partial charge is 0.323 e. The molecule has 4 heterocycles. The normalized spacial score (nSPS) is 21.0. The summed E-state index contributed by atoms with van der Waals surface area (Å²) in [6.45, 7) is 1.89. The van der Waals surface area contributed by atoms with Crippen LogP contribution >= 0.6 is 11.6 Å². The fourth-order valence-corrected chi connectivity index (χ4v) is 4.57. The lowest BCUT2D eigenvalue weighted by Crippen LogP contribution is -2.54. The Morgan fingerprint density at radius 3 is 2.63 bits per heavy atom. The van der Waals surface area contributed by atoms with Crippen molar-refractivity contribution in [2.45, 2.75) is 12.5 Å². The highest BCUT2D eigenvalue weighted by atomic mass is 35.5. The van der Waals surface area contributed by atoms with Crippen molar-refractivity contribution in [1.29, 1.82) is 0 Å². The Kier molecular flexibility index (Phi) is 3.38. The smallest absolute Gasteiger partial charge is 0.262 e. The number of hydrogen-bond acceptors (Lipinski definition) is 5. The Balaban J connectivity index is 1.74. The molecule has 0 saturated carbocycles. The fourth-order valence-electron chi connectivity index (χ4n) is 4.43. The number of aryl methyl sites for hydroxylation is 1. The molecule has 1 N–H and O–H groups in total. The van der Waals surface area contributed by atoms with Crippen molar-refractivity contribution in [3.63, 3.8) is 0 Å². The van der Waals surface area contributed by atoms with Crippen molar-refractivity contribution in [3.8, 4) is 5.69 Å². The molecule has 1 aromatic heterocycles. The number of carbonyl (C=O) groups is 1. The van der Waals surface area contributed by atoms with Crippen LogP contribution in [0.1, 0.15) is 16.8 Å². The van der Waals surface area contributed by atoms with Crippen LogP contribution in [-0.4, -0.2) is 31.7 Å². The summed E-state index contributed by atoms with van der Waals surface area (Å²) in [5, 5.41) is 14.2. The van der Waals surface area contributed by atoms with Crippen LogP contribution in [-0.2, 0) is 10.3 Å². The van der Waals surface area contributed by atoms with Crippen LogP contribution in [0.4, 0.5) is 11.5 Å². The summed E-state index contributed by atoms with van der Waals surface area (Å²) in [4.78, 5) is 18.5. The number of nitrogens with zero attached hydrogens (tertiary/aromatic N) is 5. The third-order valence-electron chi connectivity index (χ3n) is 5.61. The van der Waals surface area contributed by atoms with Gasteiger partial charge in [-0.25, -0.2) is 14.7 Å². The second kappa shape index (κ2) is 5.90. The van der Waals surface area contributed by atoms with Gasteiger partial charge in [-0.3, -0.25) is 4.79 Å². The molecule has 30 heavy (non-hydrogen) atoms. The van der Waals surface area contributed by atoms with E-state index in [9.17, 15) is 4.79 Å². The number of rotatable bonds is 1. The number of carbonyl (C=O) groups excluding carboxylic acids is 1. The Hall–Kier alpha value is -3.71. The number of allylic oxidation sites excluding steroid dienone is 1. The van der Waals surface area contributed by atoms with Crippen molar-refractivity contribution in [1.82, 2.24) is 14.8 Å². The zero-order valence-corrected chi connectivity index (χ0v) is 16.6. The van der Waals surface area contributed by atoms with Crippen LogP contribution in [0, 0.1) is 6.92 Å². The summed E-state index contributed by atoms with van der Waals surface area (Å²) in [6.07, 6.45) is 3.44. The molecular formula is C22H15ClN6O. The van der Waals surface area contributed by atoms with Gasteiger partial charge in [0, 0.05) is 11.3 Å². The molecule has 3 aliphatic heterocycles. The Morgan fingerprint density at radius 1 is 1.03 bits per heavy atom. The lowest BCUT2D eigenvalue weighted by atomic mass is 9.81. The first kappa shape index (κ1) is 17.2. The minimum atomic E-state index is -1.25. The Bertz CT molecular complexity index is 1320. The maximum Gasteiger partial charge on any atom is 0.262 e. The third-order valence-corrected chi connectivity index (χ3v) is 5.81. The summed E-state index contributed by atoms with van der Waals surface area (Å²) < 4.78 is 1.78. The molecule has 1 amide bonds. The van der Waals surface area contributed by atoms with Crippen LogP contribution in [0.3, 0.4) is 0 Å². The van der Waals surface area contributed by atoms with Crippen LogP contribution in [0.15, 0.2) is 76.8 Å². The van der Waals surface area contributed by atoms with Gasteiger partial charge >= 0.3 is 0 Å². The second-order valence-corrected chi connectivity index (χ2v) is 7.67. The molecule has 146 valence electrons. The molecule has 0 saturated heterocycles. The van der Waals surface area contributed by atoms with E-state index in [-0.39, 0.29) is 11.1 Å². The number of aliphatic imine (C=N–C) groups is 1. The van der Waals surface area contributed by atoms with Crippen LogP contribution in [0.2, 0.25) is 0 Å². The van der Waals surface area contributed by atoms with E-state index in [2.05, 4.69) is 10.4 Å². The van der Waals surface area contributed by atoms with Crippen molar-refractivity contribution >= 4 is 40.0 Å². The van der Waals surface area contributed by atoms with E-state index < -0.39 is 5.54 Å². The number of para-hydroxylation sites is 2. The highest BCUT2D eigenvalue weighted by Crippen LogP contribution is 2.52. The molecule has 0 unspecified atom stereocenters. The highest BCUT2D eigenvalue weighted by molar-refractivity contribution is 6.68. The van der Waals surface area contributed by atoms with E-state index in [1.165, 1.54) is 0 Å². The van der Waals surface area contributed by atoms with E-state index in [4.69, 9.17) is 21.7 Å². The van der Waals surface area contributed by atoms with Gasteiger partial charge in [0.2, 0.25) is 5.54 Å². The first-order valence-electron chi connectivity index (χ1n) is 9.48. The van der Waals surface area contributed by atoms with Gasteiger partial charge in [0.1, 0.15) is 5.17 Å². The molecule has 3 aliphatic rings. The van der Waals surface area contributed by atoms with Gasteiger partial charge in [0.05, 0.1) is 16.9 Å². The summed E-state index contributed by atoms with van der Waals surface area (Å²) in [6, 6.07) is 17.4. The molecular weight excluding hydrogens is 400 g/mol. The van der Waals surface area contributed by atoms with Crippen LogP contribution < -0.4 is 5.32 Å². The lowest BCUT2D eigenvalue weighted by molar-refractivity contribution is -0.123. The third kappa shape index (κ3) is 2.04. The zero-order valence-electron chi connectivity index (χ0n) is 15.9. The number of amides is 1. The first-order chi connectivity index (χ1) is 14.6. The molecule has 6 rings (SSSR count). The van der Waals surface area contributed by atoms with Crippen LogP contribution in [0.5, 0.6) is 0 Å². The van der Waals surface area contributed by atoms with Gasteiger partial charge in [0.25, 0.3) is 5.91 Å². The van der Waals surface area contributed by atoms with E-state index in [0.29, 0.717) is 22.9 Å². The molecule has 0 fully saturated rings. The number of aromatic nitrogens is 2.